The van der Waals surface area contributed by atoms with Crippen LogP contribution in [0.5, 0.6) is 0 Å². The minimum atomic E-state index is -0.855. The molecule has 0 aliphatic rings. The topological polar surface area (TPSA) is 76.2 Å². The number of hydrogen-bond acceptors (Lipinski definition) is 3. The van der Waals surface area contributed by atoms with Gasteiger partial charge < -0.3 is 10.8 Å². The SMILES string of the molecule is Cl.Cl.NCC(Cc1cccnc1)C(=O)O. The molecule has 1 aromatic rings. The Balaban J connectivity index is 0. The minimum Gasteiger partial charge on any atom is -0.481 e. The lowest BCUT2D eigenvalue weighted by atomic mass is 10.0. The summed E-state index contributed by atoms with van der Waals surface area (Å²) in [4.78, 5) is 14.5. The van der Waals surface area contributed by atoms with Crippen LogP contribution in [0.4, 0.5) is 0 Å². The van der Waals surface area contributed by atoms with Crippen molar-refractivity contribution >= 4 is 30.8 Å². The first-order chi connectivity index (χ1) is 6.24. The van der Waals surface area contributed by atoms with E-state index >= 15 is 0 Å². The molecule has 0 fully saturated rings. The maximum Gasteiger partial charge on any atom is 0.308 e. The lowest BCUT2D eigenvalue weighted by Crippen LogP contribution is -2.25. The quantitative estimate of drug-likeness (QED) is 0.843. The maximum atomic E-state index is 10.6. The van der Waals surface area contributed by atoms with Gasteiger partial charge in [-0.1, -0.05) is 6.07 Å². The second-order valence-corrected chi connectivity index (χ2v) is 2.84. The highest BCUT2D eigenvalue weighted by molar-refractivity contribution is 5.85. The van der Waals surface area contributed by atoms with E-state index in [-0.39, 0.29) is 31.4 Å². The third-order valence-electron chi connectivity index (χ3n) is 1.84. The molecule has 1 heterocycles. The number of hydrogen-bond donors (Lipinski definition) is 2. The van der Waals surface area contributed by atoms with Crippen LogP contribution < -0.4 is 5.73 Å². The minimum absolute atomic E-state index is 0. The van der Waals surface area contributed by atoms with E-state index < -0.39 is 11.9 Å². The summed E-state index contributed by atoms with van der Waals surface area (Å²) in [5, 5.41) is 8.73. The average molecular weight is 253 g/mol. The summed E-state index contributed by atoms with van der Waals surface area (Å²) in [6.45, 7) is 0.157. The summed E-state index contributed by atoms with van der Waals surface area (Å²) in [5.74, 6) is -1.37. The van der Waals surface area contributed by atoms with Crippen LogP contribution in [0.1, 0.15) is 5.56 Å². The predicted molar refractivity (Wildman–Crippen MR) is 62.6 cm³/mol. The van der Waals surface area contributed by atoms with Crippen LogP contribution in [-0.2, 0) is 11.2 Å². The zero-order valence-electron chi connectivity index (χ0n) is 8.00. The van der Waals surface area contributed by atoms with E-state index in [9.17, 15) is 4.79 Å². The van der Waals surface area contributed by atoms with Gasteiger partial charge in [-0.2, -0.15) is 0 Å². The molecular weight excluding hydrogens is 239 g/mol. The van der Waals surface area contributed by atoms with Crippen LogP contribution in [0, 0.1) is 5.92 Å². The molecule has 0 bridgehead atoms. The molecule has 1 rings (SSSR count). The number of pyridine rings is 1. The molecule has 6 heteroatoms. The van der Waals surface area contributed by atoms with Gasteiger partial charge >= 0.3 is 5.97 Å². The third kappa shape index (κ3) is 5.57. The second kappa shape index (κ2) is 8.47. The smallest absolute Gasteiger partial charge is 0.308 e. The van der Waals surface area contributed by atoms with Crippen LogP contribution in [-0.4, -0.2) is 22.6 Å². The Morgan fingerprint density at radius 2 is 2.20 bits per heavy atom. The van der Waals surface area contributed by atoms with Gasteiger partial charge in [-0.25, -0.2) is 0 Å². The highest BCUT2D eigenvalue weighted by atomic mass is 35.5. The highest BCUT2D eigenvalue weighted by Gasteiger charge is 2.15. The Labute approximate surface area is 101 Å². The highest BCUT2D eigenvalue weighted by Crippen LogP contribution is 2.06. The number of halogens is 2. The van der Waals surface area contributed by atoms with Crippen molar-refractivity contribution in [2.45, 2.75) is 6.42 Å². The van der Waals surface area contributed by atoms with Gasteiger partial charge in [0, 0.05) is 18.9 Å². The molecule has 4 nitrogen and oxygen atoms in total. The Morgan fingerprint density at radius 1 is 1.53 bits per heavy atom. The summed E-state index contributed by atoms with van der Waals surface area (Å²) in [6.07, 6.45) is 3.76. The Bertz CT molecular complexity index is 283. The molecule has 0 spiro atoms. The fourth-order valence-electron chi connectivity index (χ4n) is 1.07. The van der Waals surface area contributed by atoms with E-state index in [4.69, 9.17) is 10.8 Å². The first kappa shape index (κ1) is 16.6. The van der Waals surface area contributed by atoms with Crippen LogP contribution >= 0.6 is 24.8 Å². The van der Waals surface area contributed by atoms with E-state index in [1.54, 1.807) is 18.5 Å². The first-order valence-corrected chi connectivity index (χ1v) is 4.06. The normalized spacial score (nSPS) is 10.7. The molecule has 0 aromatic carbocycles. The van der Waals surface area contributed by atoms with Gasteiger partial charge in [0.2, 0.25) is 0 Å². The fourth-order valence-corrected chi connectivity index (χ4v) is 1.07. The number of carboxylic acids is 1. The fraction of sp³-hybridized carbons (Fsp3) is 0.333. The molecule has 0 aliphatic carbocycles. The summed E-state index contributed by atoms with van der Waals surface area (Å²) in [7, 11) is 0. The lowest BCUT2D eigenvalue weighted by Gasteiger charge is -2.08. The van der Waals surface area contributed by atoms with Crippen molar-refractivity contribution in [3.63, 3.8) is 0 Å². The Morgan fingerprint density at radius 3 is 2.60 bits per heavy atom. The summed E-state index contributed by atoms with van der Waals surface area (Å²) in [6, 6.07) is 3.63. The number of rotatable bonds is 4. The first-order valence-electron chi connectivity index (χ1n) is 4.06. The zero-order chi connectivity index (χ0) is 9.68. The molecule has 15 heavy (non-hydrogen) atoms. The van der Waals surface area contributed by atoms with E-state index in [0.717, 1.165) is 5.56 Å². The van der Waals surface area contributed by atoms with Gasteiger partial charge in [0.25, 0.3) is 0 Å². The van der Waals surface area contributed by atoms with Crippen molar-refractivity contribution in [3.8, 4) is 0 Å². The predicted octanol–water partition coefficient (Wildman–Crippen LogP) is 1.13. The Hall–Kier alpha value is -0.840. The molecule has 0 radical (unpaired) electrons. The molecule has 0 saturated carbocycles. The monoisotopic (exact) mass is 252 g/mol. The van der Waals surface area contributed by atoms with Crippen molar-refractivity contribution in [2.75, 3.05) is 6.54 Å². The number of aromatic nitrogens is 1. The molecule has 1 atom stereocenters. The number of carbonyl (C=O) groups is 1. The van der Waals surface area contributed by atoms with E-state index in [1.807, 2.05) is 6.07 Å². The number of nitrogens with two attached hydrogens (primary N) is 1. The van der Waals surface area contributed by atoms with Crippen molar-refractivity contribution in [2.24, 2.45) is 11.7 Å². The molecule has 0 saturated heterocycles. The van der Waals surface area contributed by atoms with Crippen molar-refractivity contribution in [1.82, 2.24) is 4.98 Å². The van der Waals surface area contributed by atoms with Crippen LogP contribution in [0.25, 0.3) is 0 Å². The molecule has 0 amide bonds. The number of carboxylic acid groups (broad SMARTS) is 1. The second-order valence-electron chi connectivity index (χ2n) is 2.84. The standard InChI is InChI=1S/C9H12N2O2.2ClH/c10-5-8(9(12)13)4-7-2-1-3-11-6-7;;/h1-3,6,8H,4-5,10H2,(H,12,13);2*1H. The average Bonchev–Trinajstić information content (AvgIpc) is 2.15. The molecule has 1 unspecified atom stereocenters. The number of aliphatic carboxylic acids is 1. The summed E-state index contributed by atoms with van der Waals surface area (Å²) < 4.78 is 0. The molecule has 1 aromatic heterocycles. The third-order valence-corrected chi connectivity index (χ3v) is 1.84. The van der Waals surface area contributed by atoms with Crippen LogP contribution in [0.15, 0.2) is 24.5 Å². The Kier molecular flexibility index (Phi) is 9.36. The molecule has 0 aliphatic heterocycles. The van der Waals surface area contributed by atoms with Gasteiger partial charge in [0.1, 0.15) is 0 Å². The molecular formula is C9H14Cl2N2O2. The summed E-state index contributed by atoms with van der Waals surface area (Å²) >= 11 is 0. The van der Waals surface area contributed by atoms with Gasteiger partial charge in [-0.15, -0.1) is 24.8 Å². The zero-order valence-corrected chi connectivity index (χ0v) is 9.63. The molecule has 3 N–H and O–H groups in total. The maximum absolute atomic E-state index is 10.6. The van der Waals surface area contributed by atoms with Crippen molar-refractivity contribution < 1.29 is 9.90 Å². The van der Waals surface area contributed by atoms with Gasteiger partial charge in [0.15, 0.2) is 0 Å². The van der Waals surface area contributed by atoms with E-state index in [0.29, 0.717) is 6.42 Å². The largest absolute Gasteiger partial charge is 0.481 e. The van der Waals surface area contributed by atoms with Crippen LogP contribution in [0.2, 0.25) is 0 Å². The number of nitrogens with zero attached hydrogens (tertiary/aromatic N) is 1. The lowest BCUT2D eigenvalue weighted by molar-refractivity contribution is -0.141. The summed E-state index contributed by atoms with van der Waals surface area (Å²) in [5.41, 5.74) is 6.22. The van der Waals surface area contributed by atoms with Gasteiger partial charge in [0.05, 0.1) is 5.92 Å². The van der Waals surface area contributed by atoms with Crippen molar-refractivity contribution in [3.05, 3.63) is 30.1 Å². The van der Waals surface area contributed by atoms with E-state index in [2.05, 4.69) is 4.98 Å². The van der Waals surface area contributed by atoms with Gasteiger partial charge in [-0.05, 0) is 18.1 Å². The van der Waals surface area contributed by atoms with Crippen LogP contribution in [0.3, 0.4) is 0 Å². The van der Waals surface area contributed by atoms with Gasteiger partial charge in [-0.3, -0.25) is 9.78 Å². The van der Waals surface area contributed by atoms with Crippen molar-refractivity contribution in [1.29, 1.82) is 0 Å². The van der Waals surface area contributed by atoms with E-state index in [1.165, 1.54) is 0 Å². The molecule has 86 valence electrons.